The number of nitrogens with one attached hydrogen (secondary N) is 1. The van der Waals surface area contributed by atoms with Crippen molar-refractivity contribution in [2.75, 3.05) is 0 Å². The molecule has 3 rings (SSSR count). The summed E-state index contributed by atoms with van der Waals surface area (Å²) in [4.78, 5) is 14.6. The first-order valence-electron chi connectivity index (χ1n) is 7.79. The molecular weight excluding hydrogens is 267 g/mol. The summed E-state index contributed by atoms with van der Waals surface area (Å²) in [6.07, 6.45) is 2.31. The fraction of sp³-hybridized carbons (Fsp3) is 0.588. The summed E-state index contributed by atoms with van der Waals surface area (Å²) in [5, 5.41) is 3.39. The van der Waals surface area contributed by atoms with Crippen LogP contribution in [0.25, 0.3) is 0 Å². The molecule has 2 atom stereocenters. The predicted molar refractivity (Wildman–Crippen MR) is 80.0 cm³/mol. The van der Waals surface area contributed by atoms with Gasteiger partial charge in [0.15, 0.2) is 0 Å². The molecule has 2 fully saturated rings. The Morgan fingerprint density at radius 2 is 2.00 bits per heavy atom. The van der Waals surface area contributed by atoms with E-state index in [4.69, 9.17) is 0 Å². The maximum absolute atomic E-state index is 14.2. The summed E-state index contributed by atoms with van der Waals surface area (Å²) in [5.74, 6) is 0.399. The predicted octanol–water partition coefficient (Wildman–Crippen LogP) is 3.22. The van der Waals surface area contributed by atoms with Crippen LogP contribution in [-0.4, -0.2) is 22.4 Å². The van der Waals surface area contributed by atoms with Crippen LogP contribution in [-0.2, 0) is 4.79 Å². The topological polar surface area (TPSA) is 32.3 Å². The molecule has 1 aliphatic heterocycles. The lowest BCUT2D eigenvalue weighted by molar-refractivity contribution is -0.133. The van der Waals surface area contributed by atoms with E-state index < -0.39 is 5.54 Å². The Labute approximate surface area is 125 Å². The molecule has 1 heterocycles. The third-order valence-corrected chi connectivity index (χ3v) is 4.57. The molecule has 1 saturated carbocycles. The van der Waals surface area contributed by atoms with Crippen LogP contribution in [0.4, 0.5) is 4.39 Å². The van der Waals surface area contributed by atoms with Crippen molar-refractivity contribution in [1.82, 2.24) is 10.2 Å². The second kappa shape index (κ2) is 5.09. The summed E-state index contributed by atoms with van der Waals surface area (Å²) >= 11 is 0. The lowest BCUT2D eigenvalue weighted by Gasteiger charge is -2.31. The zero-order valence-corrected chi connectivity index (χ0v) is 12.9. The van der Waals surface area contributed by atoms with Crippen LogP contribution in [0.3, 0.4) is 0 Å². The summed E-state index contributed by atoms with van der Waals surface area (Å²) in [7, 11) is 0. The summed E-state index contributed by atoms with van der Waals surface area (Å²) in [6.45, 7) is 6.36. The molecule has 1 amide bonds. The van der Waals surface area contributed by atoms with Crippen molar-refractivity contribution in [3.8, 4) is 0 Å². The van der Waals surface area contributed by atoms with Crippen molar-refractivity contribution in [1.29, 1.82) is 0 Å². The van der Waals surface area contributed by atoms with Gasteiger partial charge in [-0.1, -0.05) is 32.0 Å². The molecule has 2 aliphatic rings. The summed E-state index contributed by atoms with van der Waals surface area (Å²) in [5.41, 5.74) is 0.156. The van der Waals surface area contributed by atoms with Gasteiger partial charge in [-0.15, -0.1) is 0 Å². The van der Waals surface area contributed by atoms with Gasteiger partial charge in [0.25, 0.3) is 0 Å². The minimum Gasteiger partial charge on any atom is -0.318 e. The number of rotatable bonds is 4. The van der Waals surface area contributed by atoms with Gasteiger partial charge in [0.1, 0.15) is 17.5 Å². The SMILES string of the molecule is CC(C)CC(C)N1C(=O)C2(CC2)NC1c1ccccc1F. The molecule has 0 bridgehead atoms. The van der Waals surface area contributed by atoms with Gasteiger partial charge < -0.3 is 4.90 Å². The molecule has 1 aromatic carbocycles. The highest BCUT2D eigenvalue weighted by molar-refractivity contribution is 5.92. The van der Waals surface area contributed by atoms with Crippen LogP contribution < -0.4 is 5.32 Å². The van der Waals surface area contributed by atoms with Crippen molar-refractivity contribution >= 4 is 5.91 Å². The number of amides is 1. The lowest BCUT2D eigenvalue weighted by Crippen LogP contribution is -2.39. The molecule has 3 nitrogen and oxygen atoms in total. The van der Waals surface area contributed by atoms with Crippen molar-refractivity contribution in [3.05, 3.63) is 35.6 Å². The first-order valence-corrected chi connectivity index (χ1v) is 7.79. The first kappa shape index (κ1) is 14.5. The van der Waals surface area contributed by atoms with E-state index in [2.05, 4.69) is 26.1 Å². The monoisotopic (exact) mass is 290 g/mol. The number of hydrogen-bond donors (Lipinski definition) is 1. The zero-order chi connectivity index (χ0) is 15.2. The highest BCUT2D eigenvalue weighted by atomic mass is 19.1. The molecule has 2 unspecified atom stereocenters. The molecule has 4 heteroatoms. The van der Waals surface area contributed by atoms with Crippen LogP contribution >= 0.6 is 0 Å². The van der Waals surface area contributed by atoms with Gasteiger partial charge in [0.05, 0.1) is 0 Å². The molecule has 21 heavy (non-hydrogen) atoms. The van der Waals surface area contributed by atoms with Crippen LogP contribution in [0, 0.1) is 11.7 Å². The van der Waals surface area contributed by atoms with E-state index in [0.717, 1.165) is 19.3 Å². The maximum Gasteiger partial charge on any atom is 0.244 e. The van der Waals surface area contributed by atoms with Gasteiger partial charge in [-0.05, 0) is 38.2 Å². The van der Waals surface area contributed by atoms with E-state index >= 15 is 0 Å². The average Bonchev–Trinajstić information content (AvgIpc) is 3.12. The van der Waals surface area contributed by atoms with Gasteiger partial charge in [-0.25, -0.2) is 4.39 Å². The van der Waals surface area contributed by atoms with Crippen LogP contribution in [0.1, 0.15) is 51.8 Å². The molecule has 1 aliphatic carbocycles. The molecule has 1 aromatic rings. The standard InChI is InChI=1S/C17H23FN2O/c1-11(2)10-12(3)20-15(13-6-4-5-7-14(13)18)19-17(8-9-17)16(20)21/h4-7,11-12,15,19H,8-10H2,1-3H3. The van der Waals surface area contributed by atoms with Crippen LogP contribution in [0.2, 0.25) is 0 Å². The average molecular weight is 290 g/mol. The normalized spacial score (nSPS) is 24.9. The van der Waals surface area contributed by atoms with Crippen molar-refractivity contribution in [2.45, 2.75) is 57.8 Å². The molecule has 0 radical (unpaired) electrons. The van der Waals surface area contributed by atoms with E-state index in [1.165, 1.54) is 6.07 Å². The number of carbonyl (C=O) groups is 1. The van der Waals surface area contributed by atoms with Crippen molar-refractivity contribution in [2.24, 2.45) is 5.92 Å². The van der Waals surface area contributed by atoms with E-state index in [1.54, 1.807) is 12.1 Å². The van der Waals surface area contributed by atoms with Crippen molar-refractivity contribution in [3.63, 3.8) is 0 Å². The molecule has 1 saturated heterocycles. The highest BCUT2D eigenvalue weighted by Gasteiger charge is 2.60. The van der Waals surface area contributed by atoms with Gasteiger partial charge >= 0.3 is 0 Å². The van der Waals surface area contributed by atoms with Crippen LogP contribution in [0.5, 0.6) is 0 Å². The quantitative estimate of drug-likeness (QED) is 0.923. The van der Waals surface area contributed by atoms with Crippen LogP contribution in [0.15, 0.2) is 24.3 Å². The largest absolute Gasteiger partial charge is 0.318 e. The summed E-state index contributed by atoms with van der Waals surface area (Å²) in [6, 6.07) is 6.86. The lowest BCUT2D eigenvalue weighted by atomic mass is 10.0. The Hall–Kier alpha value is -1.42. The zero-order valence-electron chi connectivity index (χ0n) is 12.9. The smallest absolute Gasteiger partial charge is 0.244 e. The Bertz CT molecular complexity index is 553. The number of hydrogen-bond acceptors (Lipinski definition) is 2. The minimum absolute atomic E-state index is 0.106. The fourth-order valence-corrected chi connectivity index (χ4v) is 3.42. The highest BCUT2D eigenvalue weighted by Crippen LogP contribution is 2.47. The number of benzene rings is 1. The fourth-order valence-electron chi connectivity index (χ4n) is 3.42. The Morgan fingerprint density at radius 1 is 1.33 bits per heavy atom. The van der Waals surface area contributed by atoms with Crippen molar-refractivity contribution < 1.29 is 9.18 Å². The van der Waals surface area contributed by atoms with E-state index in [0.29, 0.717) is 11.5 Å². The summed E-state index contributed by atoms with van der Waals surface area (Å²) < 4.78 is 14.2. The van der Waals surface area contributed by atoms with E-state index in [-0.39, 0.29) is 23.9 Å². The third kappa shape index (κ3) is 2.46. The minimum atomic E-state index is -0.418. The van der Waals surface area contributed by atoms with Gasteiger partial charge in [-0.2, -0.15) is 0 Å². The van der Waals surface area contributed by atoms with Gasteiger partial charge in [-0.3, -0.25) is 10.1 Å². The number of halogens is 1. The van der Waals surface area contributed by atoms with E-state index in [1.807, 2.05) is 11.0 Å². The molecule has 0 aromatic heterocycles. The molecular formula is C17H23FN2O. The van der Waals surface area contributed by atoms with Gasteiger partial charge in [0.2, 0.25) is 5.91 Å². The number of nitrogens with zero attached hydrogens (tertiary/aromatic N) is 1. The number of carbonyl (C=O) groups excluding carboxylic acids is 1. The second-order valence-electron chi connectivity index (χ2n) is 6.84. The second-order valence-corrected chi connectivity index (χ2v) is 6.84. The molecule has 1 spiro atoms. The Balaban J connectivity index is 1.93. The maximum atomic E-state index is 14.2. The first-order chi connectivity index (χ1) is 9.94. The Morgan fingerprint density at radius 3 is 2.57 bits per heavy atom. The molecule has 1 N–H and O–H groups in total. The Kier molecular flexibility index (Phi) is 3.52. The van der Waals surface area contributed by atoms with Gasteiger partial charge in [0, 0.05) is 11.6 Å². The molecule has 114 valence electrons. The third-order valence-electron chi connectivity index (χ3n) is 4.57. The van der Waals surface area contributed by atoms with E-state index in [9.17, 15) is 9.18 Å².